The predicted molar refractivity (Wildman–Crippen MR) is 117 cm³/mol. The molecule has 29 heavy (non-hydrogen) atoms. The second-order valence-corrected chi connectivity index (χ2v) is 8.19. The standard InChI is InChI=1S/C23H35N5O/c1-2-3-4-5-6-7-8-9-10-18-11-13-19(14-12-18)21-26-22(29-27-21)20-15-16-28(17-20)23(24)25/h11-14,20H,2-10,15-17H2,1H3,(H3,24,25)/t20-/m1/s1. The van der Waals surface area contributed by atoms with Crippen molar-refractivity contribution in [3.05, 3.63) is 35.7 Å². The molecule has 0 aliphatic carbocycles. The van der Waals surface area contributed by atoms with Crippen LogP contribution in [-0.4, -0.2) is 34.1 Å². The normalized spacial score (nSPS) is 16.4. The molecule has 0 saturated carbocycles. The highest BCUT2D eigenvalue weighted by molar-refractivity contribution is 5.75. The summed E-state index contributed by atoms with van der Waals surface area (Å²) in [6, 6.07) is 8.54. The maximum Gasteiger partial charge on any atom is 0.231 e. The highest BCUT2D eigenvalue weighted by Gasteiger charge is 2.29. The third-order valence-corrected chi connectivity index (χ3v) is 5.85. The molecule has 0 bridgehead atoms. The molecule has 158 valence electrons. The molecular formula is C23H35N5O. The first-order valence-electron chi connectivity index (χ1n) is 11.2. The van der Waals surface area contributed by atoms with Crippen LogP contribution in [0.1, 0.15) is 82.1 Å². The van der Waals surface area contributed by atoms with Gasteiger partial charge in [0.15, 0.2) is 5.96 Å². The summed E-state index contributed by atoms with van der Waals surface area (Å²) in [5.74, 6) is 1.55. The Balaban J connectivity index is 1.42. The minimum Gasteiger partial charge on any atom is -0.370 e. The van der Waals surface area contributed by atoms with Gasteiger partial charge in [-0.1, -0.05) is 81.3 Å². The van der Waals surface area contributed by atoms with Gasteiger partial charge in [0.25, 0.3) is 0 Å². The number of rotatable bonds is 11. The average molecular weight is 398 g/mol. The van der Waals surface area contributed by atoms with Crippen LogP contribution in [0.3, 0.4) is 0 Å². The van der Waals surface area contributed by atoms with E-state index in [0.717, 1.165) is 24.9 Å². The van der Waals surface area contributed by atoms with E-state index in [-0.39, 0.29) is 11.9 Å². The topological polar surface area (TPSA) is 92.0 Å². The van der Waals surface area contributed by atoms with Crippen molar-refractivity contribution >= 4 is 5.96 Å². The molecule has 0 amide bonds. The molecule has 0 spiro atoms. The van der Waals surface area contributed by atoms with Gasteiger partial charge in [0.1, 0.15) is 0 Å². The second-order valence-electron chi connectivity index (χ2n) is 8.19. The summed E-state index contributed by atoms with van der Waals surface area (Å²) in [5.41, 5.74) is 7.93. The monoisotopic (exact) mass is 397 g/mol. The Bertz CT molecular complexity index is 755. The molecule has 6 heteroatoms. The molecule has 3 rings (SSSR count). The SMILES string of the molecule is CCCCCCCCCCc1ccc(-c2noc([C@@H]3CCN(C(=N)N)C3)n2)cc1. The lowest BCUT2D eigenvalue weighted by molar-refractivity contribution is 0.354. The van der Waals surface area contributed by atoms with Crippen LogP contribution in [0, 0.1) is 5.41 Å². The fraction of sp³-hybridized carbons (Fsp3) is 0.609. The zero-order valence-corrected chi connectivity index (χ0v) is 17.7. The summed E-state index contributed by atoms with van der Waals surface area (Å²) < 4.78 is 5.49. The first-order valence-corrected chi connectivity index (χ1v) is 11.2. The summed E-state index contributed by atoms with van der Waals surface area (Å²) in [6.45, 7) is 3.71. The fourth-order valence-corrected chi connectivity index (χ4v) is 3.98. The number of guanidine groups is 1. The summed E-state index contributed by atoms with van der Waals surface area (Å²) in [5, 5.41) is 11.7. The first kappa shape index (κ1) is 21.3. The predicted octanol–water partition coefficient (Wildman–Crippen LogP) is 5.10. The average Bonchev–Trinajstić information content (AvgIpc) is 3.40. The molecule has 1 aliphatic rings. The number of nitrogens with one attached hydrogen (secondary N) is 1. The molecule has 3 N–H and O–H groups in total. The second kappa shape index (κ2) is 11.0. The van der Waals surface area contributed by atoms with Crippen molar-refractivity contribution in [2.75, 3.05) is 13.1 Å². The number of hydrogen-bond donors (Lipinski definition) is 2. The third kappa shape index (κ3) is 6.31. The van der Waals surface area contributed by atoms with Gasteiger partial charge in [-0.25, -0.2) is 0 Å². The van der Waals surface area contributed by atoms with Gasteiger partial charge in [0.05, 0.1) is 5.92 Å². The summed E-state index contributed by atoms with van der Waals surface area (Å²) in [4.78, 5) is 6.43. The van der Waals surface area contributed by atoms with E-state index in [4.69, 9.17) is 15.7 Å². The van der Waals surface area contributed by atoms with Gasteiger partial charge in [-0.15, -0.1) is 0 Å². The van der Waals surface area contributed by atoms with E-state index in [9.17, 15) is 0 Å². The lowest BCUT2D eigenvalue weighted by atomic mass is 10.0. The van der Waals surface area contributed by atoms with Gasteiger partial charge in [0, 0.05) is 18.7 Å². The Labute approximate surface area is 174 Å². The molecule has 0 unspecified atom stereocenters. The van der Waals surface area contributed by atoms with Gasteiger partial charge < -0.3 is 15.2 Å². The summed E-state index contributed by atoms with van der Waals surface area (Å²) in [6.07, 6.45) is 12.8. The molecule has 0 radical (unpaired) electrons. The number of likely N-dealkylation sites (tertiary alicyclic amines) is 1. The van der Waals surface area contributed by atoms with E-state index < -0.39 is 0 Å². The molecule has 2 aromatic rings. The molecule has 2 heterocycles. The molecule has 1 aromatic carbocycles. The molecule has 1 saturated heterocycles. The molecule has 1 aromatic heterocycles. The number of unbranched alkanes of at least 4 members (excludes halogenated alkanes) is 7. The summed E-state index contributed by atoms with van der Waals surface area (Å²) >= 11 is 0. The van der Waals surface area contributed by atoms with Crippen LogP contribution in [0.25, 0.3) is 11.4 Å². The fourth-order valence-electron chi connectivity index (χ4n) is 3.98. The van der Waals surface area contributed by atoms with E-state index in [1.807, 2.05) is 4.90 Å². The van der Waals surface area contributed by atoms with Crippen molar-refractivity contribution in [1.29, 1.82) is 5.41 Å². The number of aryl methyl sites for hydroxylation is 1. The largest absolute Gasteiger partial charge is 0.370 e. The zero-order valence-electron chi connectivity index (χ0n) is 17.7. The van der Waals surface area contributed by atoms with Gasteiger partial charge in [-0.05, 0) is 24.8 Å². The van der Waals surface area contributed by atoms with Gasteiger partial charge in [-0.3, -0.25) is 5.41 Å². The highest BCUT2D eigenvalue weighted by Crippen LogP contribution is 2.27. The van der Waals surface area contributed by atoms with Crippen LogP contribution in [0.2, 0.25) is 0 Å². The van der Waals surface area contributed by atoms with Crippen molar-refractivity contribution in [2.24, 2.45) is 5.73 Å². The molecule has 6 nitrogen and oxygen atoms in total. The van der Waals surface area contributed by atoms with E-state index in [0.29, 0.717) is 18.3 Å². The lowest BCUT2D eigenvalue weighted by Crippen LogP contribution is -2.34. The van der Waals surface area contributed by atoms with Crippen LogP contribution in [0.15, 0.2) is 28.8 Å². The minimum absolute atomic E-state index is 0.110. The smallest absolute Gasteiger partial charge is 0.231 e. The van der Waals surface area contributed by atoms with Gasteiger partial charge in [0.2, 0.25) is 11.7 Å². The van der Waals surface area contributed by atoms with Crippen molar-refractivity contribution < 1.29 is 4.52 Å². The Morgan fingerprint density at radius 3 is 2.45 bits per heavy atom. The Kier molecular flexibility index (Phi) is 8.08. The number of nitrogens with two attached hydrogens (primary N) is 1. The van der Waals surface area contributed by atoms with Crippen molar-refractivity contribution in [1.82, 2.24) is 15.0 Å². The van der Waals surface area contributed by atoms with Crippen molar-refractivity contribution in [3.8, 4) is 11.4 Å². The van der Waals surface area contributed by atoms with E-state index in [1.54, 1.807) is 0 Å². The van der Waals surface area contributed by atoms with Crippen LogP contribution in [0.4, 0.5) is 0 Å². The number of nitrogens with zero attached hydrogens (tertiary/aromatic N) is 3. The summed E-state index contributed by atoms with van der Waals surface area (Å²) in [7, 11) is 0. The third-order valence-electron chi connectivity index (χ3n) is 5.85. The molecule has 1 fully saturated rings. The van der Waals surface area contributed by atoms with Crippen LogP contribution in [0.5, 0.6) is 0 Å². The Morgan fingerprint density at radius 1 is 1.10 bits per heavy atom. The lowest BCUT2D eigenvalue weighted by Gasteiger charge is -2.14. The molecule has 1 aliphatic heterocycles. The van der Waals surface area contributed by atoms with Crippen molar-refractivity contribution in [3.63, 3.8) is 0 Å². The molecule has 1 atom stereocenters. The minimum atomic E-state index is 0.110. The molecular weight excluding hydrogens is 362 g/mol. The quantitative estimate of drug-likeness (QED) is 0.312. The van der Waals surface area contributed by atoms with E-state index in [1.165, 1.54) is 56.9 Å². The zero-order chi connectivity index (χ0) is 20.5. The van der Waals surface area contributed by atoms with E-state index in [2.05, 4.69) is 41.3 Å². The Hall–Kier alpha value is -2.37. The van der Waals surface area contributed by atoms with Crippen LogP contribution in [-0.2, 0) is 6.42 Å². The van der Waals surface area contributed by atoms with E-state index >= 15 is 0 Å². The first-order chi connectivity index (χ1) is 14.2. The number of hydrogen-bond acceptors (Lipinski definition) is 4. The van der Waals surface area contributed by atoms with Crippen LogP contribution < -0.4 is 5.73 Å². The Morgan fingerprint density at radius 2 is 1.79 bits per heavy atom. The van der Waals surface area contributed by atoms with Crippen LogP contribution >= 0.6 is 0 Å². The van der Waals surface area contributed by atoms with Gasteiger partial charge in [-0.2, -0.15) is 4.98 Å². The van der Waals surface area contributed by atoms with Gasteiger partial charge >= 0.3 is 0 Å². The van der Waals surface area contributed by atoms with Crippen molar-refractivity contribution in [2.45, 2.75) is 77.0 Å². The number of aromatic nitrogens is 2. The number of benzene rings is 1. The maximum absolute atomic E-state index is 7.55. The highest BCUT2D eigenvalue weighted by atomic mass is 16.5. The maximum atomic E-state index is 7.55.